The lowest BCUT2D eigenvalue weighted by molar-refractivity contribution is 0.541. The lowest BCUT2D eigenvalue weighted by Gasteiger charge is -1.86. The van der Waals surface area contributed by atoms with Crippen LogP contribution in [0, 0.1) is 0 Å². The smallest absolute Gasteiger partial charge is 0.161 e. The number of hydrogen-bond acceptors (Lipinski definition) is 0. The van der Waals surface area contributed by atoms with Crippen LogP contribution in [-0.4, -0.2) is 0 Å². The monoisotopic (exact) mass is 134 g/mol. The summed E-state index contributed by atoms with van der Waals surface area (Å²) in [6.45, 7) is 5.28. The first-order valence-corrected chi connectivity index (χ1v) is 2.10. The molecule has 9 heavy (non-hydrogen) atoms. The van der Waals surface area contributed by atoms with Crippen molar-refractivity contribution in [3.8, 4) is 0 Å². The third-order valence-corrected chi connectivity index (χ3v) is 0.542. The fourth-order valence-electron chi connectivity index (χ4n) is 0.216. The van der Waals surface area contributed by atoms with E-state index in [1.165, 1.54) is 0 Å². The number of halogens is 3. The molecule has 50 valence electrons. The molecule has 0 rings (SSSR count). The van der Waals surface area contributed by atoms with Crippen LogP contribution in [0.1, 0.15) is 0 Å². The summed E-state index contributed by atoms with van der Waals surface area (Å²) >= 11 is 0. The summed E-state index contributed by atoms with van der Waals surface area (Å²) < 4.78 is 35.1. The molecule has 0 heterocycles. The van der Waals surface area contributed by atoms with Crippen molar-refractivity contribution >= 4 is 0 Å². The average Bonchev–Trinajstić information content (AvgIpc) is 1.63. The largest absolute Gasteiger partial charge is 0.208 e. The maximum Gasteiger partial charge on any atom is 0.161 e. The van der Waals surface area contributed by atoms with Crippen LogP contribution in [0.25, 0.3) is 0 Å². The van der Waals surface area contributed by atoms with Gasteiger partial charge in [0.1, 0.15) is 5.83 Å². The molecule has 0 aliphatic heterocycles. The fourth-order valence-corrected chi connectivity index (χ4v) is 0.216. The maximum atomic E-state index is 11.9. The van der Waals surface area contributed by atoms with Gasteiger partial charge in [0.15, 0.2) is 11.7 Å². The van der Waals surface area contributed by atoms with Crippen molar-refractivity contribution in [3.63, 3.8) is 0 Å². The van der Waals surface area contributed by atoms with E-state index >= 15 is 0 Å². The standard InChI is InChI=1S/C6H5F3/c1-4(7)3-6(9)5(2)8/h3H,1-2H2. The molecule has 0 aromatic heterocycles. The van der Waals surface area contributed by atoms with Gasteiger partial charge in [0, 0.05) is 6.08 Å². The molecule has 0 amide bonds. The molecule has 0 bridgehead atoms. The molecule has 0 atom stereocenters. The topological polar surface area (TPSA) is 0 Å². The summed E-state index contributed by atoms with van der Waals surface area (Å²) in [6.07, 6.45) is 0.322. The van der Waals surface area contributed by atoms with E-state index in [1.54, 1.807) is 0 Å². The third kappa shape index (κ3) is 3.58. The highest BCUT2D eigenvalue weighted by atomic mass is 19.2. The Morgan fingerprint density at radius 1 is 1.11 bits per heavy atom. The summed E-state index contributed by atoms with van der Waals surface area (Å²) in [5.74, 6) is -3.66. The fraction of sp³-hybridized carbons (Fsp3) is 0. The lowest BCUT2D eigenvalue weighted by Crippen LogP contribution is -1.71. The Morgan fingerprint density at radius 3 is 1.67 bits per heavy atom. The Kier molecular flexibility index (Phi) is 2.78. The highest BCUT2D eigenvalue weighted by Crippen LogP contribution is 2.12. The van der Waals surface area contributed by atoms with Gasteiger partial charge in [0.2, 0.25) is 0 Å². The summed E-state index contributed by atoms with van der Waals surface area (Å²) in [7, 11) is 0. The third-order valence-electron chi connectivity index (χ3n) is 0.542. The Balaban J connectivity index is 4.17. The highest BCUT2D eigenvalue weighted by Gasteiger charge is 1.98. The Bertz CT molecular complexity index is 167. The zero-order valence-corrected chi connectivity index (χ0v) is 4.63. The van der Waals surface area contributed by atoms with Crippen LogP contribution in [0.5, 0.6) is 0 Å². The molecule has 0 radical (unpaired) electrons. The molecule has 0 nitrogen and oxygen atoms in total. The summed E-state index contributed by atoms with van der Waals surface area (Å²) in [6, 6.07) is 0. The van der Waals surface area contributed by atoms with E-state index in [0.29, 0.717) is 6.08 Å². The molecular formula is C6H5F3. The van der Waals surface area contributed by atoms with E-state index in [4.69, 9.17) is 0 Å². The predicted octanol–water partition coefficient (Wildman–Crippen LogP) is 2.81. The van der Waals surface area contributed by atoms with Gasteiger partial charge in [-0.1, -0.05) is 13.2 Å². The van der Waals surface area contributed by atoms with Gasteiger partial charge >= 0.3 is 0 Å². The molecule has 0 aliphatic carbocycles. The number of rotatable bonds is 2. The van der Waals surface area contributed by atoms with Crippen molar-refractivity contribution in [1.29, 1.82) is 0 Å². The second-order valence-electron chi connectivity index (χ2n) is 1.34. The molecule has 0 saturated heterocycles. The minimum atomic E-state index is -1.33. The molecule has 0 aliphatic rings. The predicted molar refractivity (Wildman–Crippen MR) is 29.7 cm³/mol. The Hall–Kier alpha value is -0.990. The van der Waals surface area contributed by atoms with Crippen molar-refractivity contribution in [2.24, 2.45) is 0 Å². The zero-order valence-electron chi connectivity index (χ0n) is 4.63. The first-order valence-electron chi connectivity index (χ1n) is 2.10. The van der Waals surface area contributed by atoms with Gasteiger partial charge in [-0.15, -0.1) is 0 Å². The van der Waals surface area contributed by atoms with Crippen LogP contribution >= 0.6 is 0 Å². The molecule has 3 heteroatoms. The van der Waals surface area contributed by atoms with Crippen LogP contribution in [-0.2, 0) is 0 Å². The zero-order chi connectivity index (χ0) is 7.44. The average molecular weight is 134 g/mol. The van der Waals surface area contributed by atoms with Crippen molar-refractivity contribution < 1.29 is 13.2 Å². The van der Waals surface area contributed by atoms with E-state index in [9.17, 15) is 13.2 Å². The van der Waals surface area contributed by atoms with Gasteiger partial charge in [-0.25, -0.2) is 13.2 Å². The van der Waals surface area contributed by atoms with Crippen LogP contribution in [0.3, 0.4) is 0 Å². The second-order valence-corrected chi connectivity index (χ2v) is 1.34. The van der Waals surface area contributed by atoms with Gasteiger partial charge in [-0.3, -0.25) is 0 Å². The van der Waals surface area contributed by atoms with Gasteiger partial charge in [-0.2, -0.15) is 0 Å². The lowest BCUT2D eigenvalue weighted by atomic mass is 10.4. The molecular weight excluding hydrogens is 129 g/mol. The van der Waals surface area contributed by atoms with Crippen molar-refractivity contribution in [3.05, 3.63) is 36.7 Å². The van der Waals surface area contributed by atoms with Gasteiger partial charge < -0.3 is 0 Å². The van der Waals surface area contributed by atoms with E-state index < -0.39 is 17.5 Å². The number of hydrogen-bond donors (Lipinski definition) is 0. The molecule has 0 fully saturated rings. The van der Waals surface area contributed by atoms with Gasteiger partial charge in [-0.05, 0) is 0 Å². The molecule has 0 N–H and O–H groups in total. The van der Waals surface area contributed by atoms with Crippen LogP contribution < -0.4 is 0 Å². The quantitative estimate of drug-likeness (QED) is 0.509. The molecule has 0 aromatic rings. The number of allylic oxidation sites excluding steroid dienone is 4. The van der Waals surface area contributed by atoms with Crippen molar-refractivity contribution in [2.45, 2.75) is 0 Å². The minimum absolute atomic E-state index is 0.322. The summed E-state index contributed by atoms with van der Waals surface area (Å²) in [5, 5.41) is 0. The van der Waals surface area contributed by atoms with E-state index in [1.807, 2.05) is 0 Å². The van der Waals surface area contributed by atoms with Crippen LogP contribution in [0.15, 0.2) is 36.7 Å². The Labute approximate surface area is 51.0 Å². The molecule has 0 saturated carbocycles. The van der Waals surface area contributed by atoms with Crippen LogP contribution in [0.2, 0.25) is 0 Å². The normalized spacial score (nSPS) is 11.2. The maximum absolute atomic E-state index is 11.9. The van der Waals surface area contributed by atoms with E-state index in [0.717, 1.165) is 0 Å². The van der Waals surface area contributed by atoms with Gasteiger partial charge in [0.25, 0.3) is 0 Å². The van der Waals surface area contributed by atoms with Crippen molar-refractivity contribution in [1.82, 2.24) is 0 Å². The van der Waals surface area contributed by atoms with Gasteiger partial charge in [0.05, 0.1) is 0 Å². The summed E-state index contributed by atoms with van der Waals surface area (Å²) in [5.41, 5.74) is 0. The molecule has 0 unspecified atom stereocenters. The molecule has 0 spiro atoms. The van der Waals surface area contributed by atoms with E-state index in [2.05, 4.69) is 13.2 Å². The molecule has 0 aromatic carbocycles. The first kappa shape index (κ1) is 8.01. The first-order chi connectivity index (χ1) is 4.04. The minimum Gasteiger partial charge on any atom is -0.208 e. The van der Waals surface area contributed by atoms with Crippen LogP contribution in [0.4, 0.5) is 13.2 Å². The highest BCUT2D eigenvalue weighted by molar-refractivity contribution is 5.22. The van der Waals surface area contributed by atoms with E-state index in [-0.39, 0.29) is 0 Å². The second kappa shape index (κ2) is 3.12. The SMILES string of the molecule is C=C(F)C=C(F)C(=C)F. The summed E-state index contributed by atoms with van der Waals surface area (Å²) in [4.78, 5) is 0. The Morgan fingerprint density at radius 2 is 1.56 bits per heavy atom. The van der Waals surface area contributed by atoms with Crippen molar-refractivity contribution in [2.75, 3.05) is 0 Å².